The average molecular weight is 408 g/mol. The van der Waals surface area contributed by atoms with Crippen LogP contribution in [0.1, 0.15) is 18.4 Å². The molecule has 1 N–H and O–H groups in total. The van der Waals surface area contributed by atoms with E-state index in [1.165, 1.54) is 30.0 Å². The fraction of sp³-hybridized carbons (Fsp3) is 0.278. The number of aryl methyl sites for hydroxylation is 1. The molecule has 142 valence electrons. The molecule has 3 rings (SSSR count). The zero-order chi connectivity index (χ0) is 19.4. The van der Waals surface area contributed by atoms with E-state index in [0.29, 0.717) is 23.8 Å². The molecule has 0 aliphatic carbocycles. The highest BCUT2D eigenvalue weighted by Crippen LogP contribution is 2.21. The van der Waals surface area contributed by atoms with Crippen LogP contribution in [-0.2, 0) is 24.8 Å². The second-order valence-corrected chi connectivity index (χ2v) is 7.25. The number of halogens is 2. The third-order valence-electron chi connectivity index (χ3n) is 4.04. The van der Waals surface area contributed by atoms with E-state index in [2.05, 4.69) is 15.5 Å². The highest BCUT2D eigenvalue weighted by molar-refractivity contribution is 7.99. The Morgan fingerprint density at radius 2 is 2.15 bits per heavy atom. The van der Waals surface area contributed by atoms with Crippen molar-refractivity contribution in [3.8, 4) is 0 Å². The van der Waals surface area contributed by atoms with Crippen LogP contribution >= 0.6 is 23.4 Å². The van der Waals surface area contributed by atoms with Crippen LogP contribution in [0.15, 0.2) is 41.7 Å². The topological polar surface area (TPSA) is 64.7 Å². The summed E-state index contributed by atoms with van der Waals surface area (Å²) in [5.41, 5.74) is 1.59. The summed E-state index contributed by atoms with van der Waals surface area (Å²) >= 11 is 7.03. The predicted octanol–water partition coefficient (Wildman–Crippen LogP) is 3.75. The molecule has 0 atom stereocenters. The van der Waals surface area contributed by atoms with Crippen molar-refractivity contribution in [3.63, 3.8) is 0 Å². The van der Waals surface area contributed by atoms with Gasteiger partial charge in [0.25, 0.3) is 0 Å². The minimum atomic E-state index is -0.522. The molecule has 1 aromatic carbocycles. The first kappa shape index (κ1) is 19.4. The molecule has 0 saturated carbocycles. The molecule has 0 unspecified atom stereocenters. The second kappa shape index (κ2) is 8.58. The monoisotopic (exact) mass is 407 g/mol. The van der Waals surface area contributed by atoms with Crippen molar-refractivity contribution in [1.29, 1.82) is 0 Å². The lowest BCUT2D eigenvalue weighted by Gasteiger charge is -2.08. The molecule has 2 aromatic heterocycles. The van der Waals surface area contributed by atoms with Gasteiger partial charge in [-0.1, -0.05) is 23.4 Å². The highest BCUT2D eigenvalue weighted by atomic mass is 35.5. The van der Waals surface area contributed by atoms with Gasteiger partial charge >= 0.3 is 0 Å². The molecule has 9 heteroatoms. The molecule has 0 bridgehead atoms. The Bertz CT molecular complexity index is 955. The molecule has 1 amide bonds. The average Bonchev–Trinajstić information content (AvgIpc) is 3.22. The van der Waals surface area contributed by atoms with E-state index in [-0.39, 0.29) is 16.7 Å². The number of aromatic nitrogens is 4. The Balaban J connectivity index is 1.62. The number of nitrogens with one attached hydrogen (secondary N) is 1. The summed E-state index contributed by atoms with van der Waals surface area (Å²) in [7, 11) is 1.99. The minimum absolute atomic E-state index is 0.0310. The van der Waals surface area contributed by atoms with Crippen molar-refractivity contribution in [2.45, 2.75) is 25.0 Å². The van der Waals surface area contributed by atoms with Crippen molar-refractivity contribution in [2.75, 3.05) is 11.1 Å². The standard InChI is InChI=1S/C18H19ClFN5OS/c1-3-25-16(10-13-5-4-8-24(13)2)22-23-18(25)27-11-17(26)21-12-6-7-15(20)14(19)9-12/h4-9H,3,10-11H2,1-2H3,(H,21,26). The summed E-state index contributed by atoms with van der Waals surface area (Å²) in [6.07, 6.45) is 2.66. The van der Waals surface area contributed by atoms with Gasteiger partial charge in [0, 0.05) is 37.6 Å². The Morgan fingerprint density at radius 3 is 2.81 bits per heavy atom. The smallest absolute Gasteiger partial charge is 0.234 e. The highest BCUT2D eigenvalue weighted by Gasteiger charge is 2.14. The van der Waals surface area contributed by atoms with Crippen LogP contribution in [0.3, 0.4) is 0 Å². The van der Waals surface area contributed by atoms with Crippen LogP contribution in [0.25, 0.3) is 0 Å². The number of nitrogens with zero attached hydrogens (tertiary/aromatic N) is 4. The van der Waals surface area contributed by atoms with Gasteiger partial charge in [0.1, 0.15) is 11.6 Å². The van der Waals surface area contributed by atoms with Gasteiger partial charge in [-0.05, 0) is 37.3 Å². The van der Waals surface area contributed by atoms with E-state index in [4.69, 9.17) is 11.6 Å². The number of carbonyl (C=O) groups is 1. The molecule has 3 aromatic rings. The number of hydrogen-bond donors (Lipinski definition) is 1. The van der Waals surface area contributed by atoms with Crippen LogP contribution in [0.5, 0.6) is 0 Å². The molecule has 0 fully saturated rings. The van der Waals surface area contributed by atoms with E-state index in [9.17, 15) is 9.18 Å². The molecule has 27 heavy (non-hydrogen) atoms. The number of carbonyl (C=O) groups excluding carboxylic acids is 1. The number of anilines is 1. The van der Waals surface area contributed by atoms with Gasteiger partial charge in [-0.3, -0.25) is 4.79 Å². The third kappa shape index (κ3) is 4.70. The van der Waals surface area contributed by atoms with E-state index >= 15 is 0 Å². The minimum Gasteiger partial charge on any atom is -0.354 e. The summed E-state index contributed by atoms with van der Waals surface area (Å²) in [5, 5.41) is 11.8. The van der Waals surface area contributed by atoms with Crippen molar-refractivity contribution in [1.82, 2.24) is 19.3 Å². The summed E-state index contributed by atoms with van der Waals surface area (Å²) in [5.74, 6) is 0.271. The van der Waals surface area contributed by atoms with Crippen LogP contribution in [0, 0.1) is 5.82 Å². The molecule has 0 saturated heterocycles. The first-order valence-corrected chi connectivity index (χ1v) is 9.74. The maximum atomic E-state index is 13.2. The van der Waals surface area contributed by atoms with Gasteiger partial charge in [0.15, 0.2) is 5.16 Å². The zero-order valence-corrected chi connectivity index (χ0v) is 16.5. The lowest BCUT2D eigenvalue weighted by atomic mass is 10.3. The number of amides is 1. The van der Waals surface area contributed by atoms with Gasteiger partial charge in [0.05, 0.1) is 10.8 Å². The van der Waals surface area contributed by atoms with E-state index in [1.54, 1.807) is 0 Å². The molecule has 0 radical (unpaired) electrons. The maximum Gasteiger partial charge on any atom is 0.234 e. The number of hydrogen-bond acceptors (Lipinski definition) is 4. The Labute approximate surface area is 165 Å². The Morgan fingerprint density at radius 1 is 1.33 bits per heavy atom. The molecule has 6 nitrogen and oxygen atoms in total. The van der Waals surface area contributed by atoms with E-state index in [0.717, 1.165) is 11.5 Å². The molecule has 0 aliphatic heterocycles. The Hall–Kier alpha value is -2.32. The van der Waals surface area contributed by atoms with Crippen molar-refractivity contribution < 1.29 is 9.18 Å². The SMILES string of the molecule is CCn1c(Cc2cccn2C)nnc1SCC(=O)Nc1ccc(F)c(Cl)c1. The zero-order valence-electron chi connectivity index (χ0n) is 14.9. The van der Waals surface area contributed by atoms with Crippen molar-refractivity contribution in [2.24, 2.45) is 7.05 Å². The van der Waals surface area contributed by atoms with Crippen molar-refractivity contribution >= 4 is 35.0 Å². The van der Waals surface area contributed by atoms with Gasteiger partial charge in [-0.25, -0.2) is 4.39 Å². The summed E-state index contributed by atoms with van der Waals surface area (Å²) in [4.78, 5) is 12.2. The number of thioether (sulfide) groups is 1. The molecule has 0 aliphatic rings. The summed E-state index contributed by atoms with van der Waals surface area (Å²) in [6, 6.07) is 8.10. The second-order valence-electron chi connectivity index (χ2n) is 5.90. The van der Waals surface area contributed by atoms with Crippen LogP contribution < -0.4 is 5.32 Å². The number of benzene rings is 1. The predicted molar refractivity (Wildman–Crippen MR) is 105 cm³/mol. The van der Waals surface area contributed by atoms with E-state index < -0.39 is 5.82 Å². The number of rotatable bonds is 7. The van der Waals surface area contributed by atoms with Gasteiger partial charge in [-0.15, -0.1) is 10.2 Å². The molecule has 0 spiro atoms. The van der Waals surface area contributed by atoms with Gasteiger partial charge in [0.2, 0.25) is 5.91 Å². The molecular weight excluding hydrogens is 389 g/mol. The first-order valence-electron chi connectivity index (χ1n) is 8.38. The van der Waals surface area contributed by atoms with Crippen LogP contribution in [0.2, 0.25) is 5.02 Å². The summed E-state index contributed by atoms with van der Waals surface area (Å²) < 4.78 is 17.2. The lowest BCUT2D eigenvalue weighted by molar-refractivity contribution is -0.113. The van der Waals surface area contributed by atoms with Crippen LogP contribution in [0.4, 0.5) is 10.1 Å². The third-order valence-corrected chi connectivity index (χ3v) is 5.29. The molecular formula is C18H19ClFN5OS. The largest absolute Gasteiger partial charge is 0.354 e. The lowest BCUT2D eigenvalue weighted by Crippen LogP contribution is -2.15. The molecule has 2 heterocycles. The van der Waals surface area contributed by atoms with Gasteiger partial charge in [-0.2, -0.15) is 0 Å². The summed E-state index contributed by atoms with van der Waals surface area (Å²) in [6.45, 7) is 2.73. The van der Waals surface area contributed by atoms with Crippen molar-refractivity contribution in [3.05, 3.63) is 58.9 Å². The normalized spacial score (nSPS) is 11.0. The Kier molecular flexibility index (Phi) is 6.18. The van der Waals surface area contributed by atoms with Gasteiger partial charge < -0.3 is 14.5 Å². The maximum absolute atomic E-state index is 13.2. The fourth-order valence-corrected chi connectivity index (χ4v) is 3.62. The first-order chi connectivity index (χ1) is 13.0. The van der Waals surface area contributed by atoms with E-state index in [1.807, 2.05) is 41.4 Å². The fourth-order valence-electron chi connectivity index (χ4n) is 2.62. The van der Waals surface area contributed by atoms with Crippen LogP contribution in [-0.4, -0.2) is 31.0 Å². The quantitative estimate of drug-likeness (QED) is 0.606.